The molecule has 4 heteroatoms. The van der Waals surface area contributed by atoms with Crippen molar-refractivity contribution in [2.45, 2.75) is 26.8 Å². The fourth-order valence-electron chi connectivity index (χ4n) is 2.53. The Morgan fingerprint density at radius 1 is 1.39 bits per heavy atom. The number of carboxylic acids is 1. The molecule has 0 saturated heterocycles. The van der Waals surface area contributed by atoms with Gasteiger partial charge in [-0.1, -0.05) is 6.07 Å². The molecule has 3 N–H and O–H groups in total. The number of aliphatic carboxylic acids is 1. The highest BCUT2D eigenvalue weighted by molar-refractivity contribution is 5.90. The fraction of sp³-hybridized carbons (Fsp3) is 0.357. The van der Waals surface area contributed by atoms with Crippen LogP contribution in [0.2, 0.25) is 0 Å². The third-order valence-corrected chi connectivity index (χ3v) is 3.11. The van der Waals surface area contributed by atoms with Crippen LogP contribution in [-0.2, 0) is 17.8 Å². The summed E-state index contributed by atoms with van der Waals surface area (Å²) in [5.74, 6) is -0.804. The van der Waals surface area contributed by atoms with Crippen molar-refractivity contribution >= 4 is 16.9 Å². The summed E-state index contributed by atoms with van der Waals surface area (Å²) in [6, 6.07) is 4.17. The first kappa shape index (κ1) is 12.6. The van der Waals surface area contributed by atoms with Crippen molar-refractivity contribution in [3.63, 3.8) is 0 Å². The summed E-state index contributed by atoms with van der Waals surface area (Å²) in [6.07, 6.45) is 1.97. The first-order valence-corrected chi connectivity index (χ1v) is 6.03. The van der Waals surface area contributed by atoms with Crippen LogP contribution in [0.15, 0.2) is 18.3 Å². The second-order valence-electron chi connectivity index (χ2n) is 4.68. The lowest BCUT2D eigenvalue weighted by atomic mass is 10.0. The van der Waals surface area contributed by atoms with E-state index in [2.05, 4.69) is 12.1 Å². The zero-order chi connectivity index (χ0) is 13.3. The molecule has 0 aliphatic heterocycles. The lowest BCUT2D eigenvalue weighted by molar-refractivity contribution is -0.136. The predicted octanol–water partition coefficient (Wildman–Crippen LogP) is 1.84. The third-order valence-electron chi connectivity index (χ3n) is 3.11. The Bertz CT molecular complexity index is 599. The zero-order valence-corrected chi connectivity index (χ0v) is 10.7. The molecule has 18 heavy (non-hydrogen) atoms. The fourth-order valence-corrected chi connectivity index (χ4v) is 2.53. The number of nitrogens with two attached hydrogens (primary N) is 1. The Morgan fingerprint density at radius 2 is 2.11 bits per heavy atom. The van der Waals surface area contributed by atoms with E-state index in [1.54, 1.807) is 0 Å². The predicted molar refractivity (Wildman–Crippen MR) is 71.8 cm³/mol. The van der Waals surface area contributed by atoms with Crippen LogP contribution in [0, 0.1) is 13.8 Å². The average Bonchev–Trinajstić information content (AvgIpc) is 2.56. The molecule has 0 bridgehead atoms. The molecule has 0 atom stereocenters. The van der Waals surface area contributed by atoms with E-state index in [9.17, 15) is 4.79 Å². The quantitative estimate of drug-likeness (QED) is 0.865. The molecule has 0 amide bonds. The minimum Gasteiger partial charge on any atom is -0.481 e. The average molecular weight is 246 g/mol. The molecule has 0 fully saturated rings. The van der Waals surface area contributed by atoms with Gasteiger partial charge >= 0.3 is 5.97 Å². The molecule has 1 heterocycles. The molecule has 0 saturated carbocycles. The van der Waals surface area contributed by atoms with Crippen molar-refractivity contribution in [2.75, 3.05) is 6.54 Å². The Kier molecular flexibility index (Phi) is 3.39. The van der Waals surface area contributed by atoms with Crippen molar-refractivity contribution in [1.82, 2.24) is 4.57 Å². The molecule has 0 unspecified atom stereocenters. The number of aryl methyl sites for hydroxylation is 2. The maximum absolute atomic E-state index is 10.9. The van der Waals surface area contributed by atoms with Gasteiger partial charge in [0, 0.05) is 30.2 Å². The standard InChI is InChI=1S/C14H18N2O2/c1-9-5-10(2)14-11(7-13(17)18)8-16(4-3-15)12(14)6-9/h5-6,8H,3-4,7,15H2,1-2H3,(H,17,18). The summed E-state index contributed by atoms with van der Waals surface area (Å²) in [4.78, 5) is 10.9. The van der Waals surface area contributed by atoms with Gasteiger partial charge in [-0.05, 0) is 36.6 Å². The first-order chi connectivity index (χ1) is 8.52. The van der Waals surface area contributed by atoms with Crippen molar-refractivity contribution in [2.24, 2.45) is 5.73 Å². The van der Waals surface area contributed by atoms with E-state index >= 15 is 0 Å². The number of benzene rings is 1. The van der Waals surface area contributed by atoms with E-state index in [0.29, 0.717) is 13.1 Å². The number of fused-ring (bicyclic) bond motifs is 1. The Balaban J connectivity index is 2.67. The summed E-state index contributed by atoms with van der Waals surface area (Å²) in [5.41, 5.74) is 9.84. The van der Waals surface area contributed by atoms with Crippen LogP contribution in [0.1, 0.15) is 16.7 Å². The van der Waals surface area contributed by atoms with Crippen LogP contribution in [0.5, 0.6) is 0 Å². The molecule has 4 nitrogen and oxygen atoms in total. The Morgan fingerprint density at radius 3 is 2.72 bits per heavy atom. The minimum absolute atomic E-state index is 0.0535. The highest BCUT2D eigenvalue weighted by Gasteiger charge is 2.13. The van der Waals surface area contributed by atoms with Crippen LogP contribution >= 0.6 is 0 Å². The summed E-state index contributed by atoms with van der Waals surface area (Å²) < 4.78 is 2.05. The Labute approximate surface area is 106 Å². The largest absolute Gasteiger partial charge is 0.481 e. The maximum Gasteiger partial charge on any atom is 0.307 e. The highest BCUT2D eigenvalue weighted by Crippen LogP contribution is 2.27. The van der Waals surface area contributed by atoms with Gasteiger partial charge in [0.15, 0.2) is 0 Å². The molecule has 0 aliphatic carbocycles. The number of aromatic nitrogens is 1. The lowest BCUT2D eigenvalue weighted by Crippen LogP contribution is -2.08. The van der Waals surface area contributed by atoms with Crippen molar-refractivity contribution in [3.05, 3.63) is 35.0 Å². The number of carbonyl (C=O) groups is 1. The first-order valence-electron chi connectivity index (χ1n) is 6.03. The van der Waals surface area contributed by atoms with Crippen molar-refractivity contribution in [1.29, 1.82) is 0 Å². The molecular weight excluding hydrogens is 228 g/mol. The van der Waals surface area contributed by atoms with Gasteiger partial charge in [0.1, 0.15) is 0 Å². The van der Waals surface area contributed by atoms with E-state index in [0.717, 1.165) is 22.0 Å². The molecule has 0 radical (unpaired) electrons. The summed E-state index contributed by atoms with van der Waals surface area (Å²) in [7, 11) is 0. The van der Waals surface area contributed by atoms with Gasteiger partial charge in [0.2, 0.25) is 0 Å². The minimum atomic E-state index is -0.804. The van der Waals surface area contributed by atoms with E-state index < -0.39 is 5.97 Å². The van der Waals surface area contributed by atoms with Gasteiger partial charge in [-0.2, -0.15) is 0 Å². The van der Waals surface area contributed by atoms with Gasteiger partial charge in [-0.3, -0.25) is 4.79 Å². The van der Waals surface area contributed by atoms with E-state index in [1.807, 2.05) is 24.6 Å². The number of rotatable bonds is 4. The van der Waals surface area contributed by atoms with Gasteiger partial charge in [-0.25, -0.2) is 0 Å². The summed E-state index contributed by atoms with van der Waals surface area (Å²) in [5, 5.41) is 10.0. The second-order valence-corrected chi connectivity index (χ2v) is 4.68. The normalized spacial score (nSPS) is 11.1. The van der Waals surface area contributed by atoms with E-state index in [-0.39, 0.29) is 6.42 Å². The Hall–Kier alpha value is -1.81. The molecule has 2 aromatic rings. The van der Waals surface area contributed by atoms with Crippen LogP contribution in [0.4, 0.5) is 0 Å². The van der Waals surface area contributed by atoms with Gasteiger partial charge in [-0.15, -0.1) is 0 Å². The van der Waals surface area contributed by atoms with Crippen molar-refractivity contribution < 1.29 is 9.90 Å². The molecule has 0 aliphatic rings. The molecule has 1 aromatic carbocycles. The second kappa shape index (κ2) is 4.82. The van der Waals surface area contributed by atoms with Crippen molar-refractivity contribution in [3.8, 4) is 0 Å². The maximum atomic E-state index is 10.9. The topological polar surface area (TPSA) is 68.2 Å². The summed E-state index contributed by atoms with van der Waals surface area (Å²) >= 11 is 0. The number of nitrogens with zero attached hydrogens (tertiary/aromatic N) is 1. The van der Waals surface area contributed by atoms with E-state index in [1.165, 1.54) is 5.56 Å². The molecule has 0 spiro atoms. The van der Waals surface area contributed by atoms with Crippen LogP contribution < -0.4 is 5.73 Å². The smallest absolute Gasteiger partial charge is 0.307 e. The highest BCUT2D eigenvalue weighted by atomic mass is 16.4. The van der Waals surface area contributed by atoms with Crippen LogP contribution in [0.3, 0.4) is 0 Å². The van der Waals surface area contributed by atoms with Gasteiger partial charge < -0.3 is 15.4 Å². The zero-order valence-electron chi connectivity index (χ0n) is 10.7. The number of carboxylic acid groups (broad SMARTS) is 1. The monoisotopic (exact) mass is 246 g/mol. The summed E-state index contributed by atoms with van der Waals surface area (Å²) in [6.45, 7) is 5.32. The van der Waals surface area contributed by atoms with E-state index in [4.69, 9.17) is 10.8 Å². The van der Waals surface area contributed by atoms with Gasteiger partial charge in [0.25, 0.3) is 0 Å². The van der Waals surface area contributed by atoms with Crippen LogP contribution in [-0.4, -0.2) is 22.2 Å². The molecule has 1 aromatic heterocycles. The lowest BCUT2D eigenvalue weighted by Gasteiger charge is -2.05. The molecular formula is C14H18N2O2. The molecule has 2 rings (SSSR count). The third kappa shape index (κ3) is 2.24. The van der Waals surface area contributed by atoms with Crippen LogP contribution in [0.25, 0.3) is 10.9 Å². The van der Waals surface area contributed by atoms with Gasteiger partial charge in [0.05, 0.1) is 6.42 Å². The SMILES string of the molecule is Cc1cc(C)c2c(CC(=O)O)cn(CCN)c2c1. The number of hydrogen-bond acceptors (Lipinski definition) is 2. The molecule has 96 valence electrons. The number of hydrogen-bond donors (Lipinski definition) is 2.